The maximum absolute atomic E-state index is 12.8. The number of anilines is 1. The minimum absolute atomic E-state index is 0.206. The molecular weight excluding hydrogens is 418 g/mol. The minimum atomic E-state index is -0.206. The molecule has 5 rings (SSSR count). The fraction of sp³-hybridized carbons (Fsp3) is 0.500. The highest BCUT2D eigenvalue weighted by molar-refractivity contribution is 6.06. The van der Waals surface area contributed by atoms with Crippen molar-refractivity contribution in [2.24, 2.45) is 5.92 Å². The molecule has 9 heteroatoms. The summed E-state index contributed by atoms with van der Waals surface area (Å²) in [4.78, 5) is 15.1. The minimum Gasteiger partial charge on any atom is -0.497 e. The van der Waals surface area contributed by atoms with E-state index in [4.69, 9.17) is 4.74 Å². The zero-order chi connectivity index (χ0) is 22.6. The Morgan fingerprint density at radius 2 is 2.12 bits per heavy atom. The summed E-state index contributed by atoms with van der Waals surface area (Å²) in [7, 11) is 1.57. The van der Waals surface area contributed by atoms with E-state index in [-0.39, 0.29) is 5.91 Å². The number of nitrogens with one attached hydrogen (secondary N) is 3. The Balaban J connectivity index is 1.17. The lowest BCUT2D eigenvalue weighted by Crippen LogP contribution is -2.47. The van der Waals surface area contributed by atoms with Crippen LogP contribution >= 0.6 is 0 Å². The van der Waals surface area contributed by atoms with Gasteiger partial charge in [0, 0.05) is 30.6 Å². The van der Waals surface area contributed by atoms with Crippen LogP contribution in [0.1, 0.15) is 48.2 Å². The zero-order valence-corrected chi connectivity index (χ0v) is 19.0. The highest BCUT2D eigenvalue weighted by Crippen LogP contribution is 2.26. The van der Waals surface area contributed by atoms with Crippen LogP contribution in [-0.2, 0) is 6.54 Å². The first-order valence-corrected chi connectivity index (χ1v) is 11.8. The first-order valence-electron chi connectivity index (χ1n) is 11.8. The number of rotatable bonds is 8. The number of amides is 1. The van der Waals surface area contributed by atoms with E-state index < -0.39 is 0 Å². The standard InChI is InChI=1S/C24H31N7O2/c1-33-19-10-20(21-14-27-29-22(21)11-19)24(32)26-13-17-7-8-23(30-28-17)31-9-3-6-18(15-31)25-12-16-4-2-5-16/h7-8,10-11,14,16,18,25H,2-6,9,12-13,15H2,1H3,(H,26,32)(H,27,29)/t18-/m1/s1. The molecule has 33 heavy (non-hydrogen) atoms. The van der Waals surface area contributed by atoms with Crippen LogP contribution in [-0.4, -0.2) is 59.1 Å². The number of aromatic amines is 1. The van der Waals surface area contributed by atoms with E-state index in [0.29, 0.717) is 23.9 Å². The van der Waals surface area contributed by atoms with Crippen molar-refractivity contribution in [3.8, 4) is 5.75 Å². The van der Waals surface area contributed by atoms with Crippen LogP contribution in [0.25, 0.3) is 10.9 Å². The van der Waals surface area contributed by atoms with Crippen LogP contribution in [0, 0.1) is 5.92 Å². The van der Waals surface area contributed by atoms with Crippen LogP contribution in [0.3, 0.4) is 0 Å². The van der Waals surface area contributed by atoms with Gasteiger partial charge in [-0.25, -0.2) is 0 Å². The molecule has 1 aliphatic carbocycles. The molecule has 1 aliphatic heterocycles. The van der Waals surface area contributed by atoms with Gasteiger partial charge in [-0.1, -0.05) is 6.42 Å². The first-order chi connectivity index (χ1) is 16.2. The molecule has 2 aromatic heterocycles. The number of hydrogen-bond acceptors (Lipinski definition) is 7. The number of nitrogens with zero attached hydrogens (tertiary/aromatic N) is 4. The molecule has 3 N–H and O–H groups in total. The Hall–Kier alpha value is -3.20. The molecule has 2 fully saturated rings. The number of piperidine rings is 1. The van der Waals surface area contributed by atoms with Crippen molar-refractivity contribution in [3.05, 3.63) is 41.7 Å². The number of carbonyl (C=O) groups excluding carboxylic acids is 1. The lowest BCUT2D eigenvalue weighted by atomic mass is 9.85. The summed E-state index contributed by atoms with van der Waals surface area (Å²) in [6.45, 7) is 3.41. The summed E-state index contributed by atoms with van der Waals surface area (Å²) >= 11 is 0. The quantitative estimate of drug-likeness (QED) is 0.485. The molecule has 0 unspecified atom stereocenters. The molecule has 0 bridgehead atoms. The summed E-state index contributed by atoms with van der Waals surface area (Å²) in [6, 6.07) is 7.99. The number of H-pyrrole nitrogens is 1. The summed E-state index contributed by atoms with van der Waals surface area (Å²) in [6.07, 6.45) is 8.15. The maximum Gasteiger partial charge on any atom is 0.252 e. The van der Waals surface area contributed by atoms with Gasteiger partial charge in [0.1, 0.15) is 5.75 Å². The van der Waals surface area contributed by atoms with Crippen molar-refractivity contribution >= 4 is 22.6 Å². The van der Waals surface area contributed by atoms with Crippen molar-refractivity contribution in [3.63, 3.8) is 0 Å². The fourth-order valence-electron chi connectivity index (χ4n) is 4.59. The van der Waals surface area contributed by atoms with E-state index in [9.17, 15) is 4.79 Å². The van der Waals surface area contributed by atoms with Crippen LogP contribution in [0.2, 0.25) is 0 Å². The Bertz CT molecular complexity index is 1090. The SMILES string of the molecule is COc1cc(C(=O)NCc2ccc(N3CCC[C@@H](NCC4CCC4)C3)nn2)c2cn[nH]c2c1. The van der Waals surface area contributed by atoms with E-state index >= 15 is 0 Å². The second kappa shape index (κ2) is 9.74. The molecule has 1 aromatic carbocycles. The van der Waals surface area contributed by atoms with Gasteiger partial charge in [-0.3, -0.25) is 9.89 Å². The van der Waals surface area contributed by atoms with Gasteiger partial charge >= 0.3 is 0 Å². The molecule has 174 valence electrons. The molecule has 1 atom stereocenters. The van der Waals surface area contributed by atoms with Crippen LogP contribution in [0.15, 0.2) is 30.5 Å². The normalized spacial score (nSPS) is 18.8. The highest BCUT2D eigenvalue weighted by Gasteiger charge is 2.23. The van der Waals surface area contributed by atoms with Gasteiger partial charge in [-0.2, -0.15) is 10.2 Å². The third kappa shape index (κ3) is 4.93. The summed E-state index contributed by atoms with van der Waals surface area (Å²) in [5.74, 6) is 2.16. The number of aromatic nitrogens is 4. The predicted octanol–water partition coefficient (Wildman–Crippen LogP) is 2.65. The van der Waals surface area contributed by atoms with E-state index in [1.807, 2.05) is 18.2 Å². The molecular formula is C24H31N7O2. The van der Waals surface area contributed by atoms with Gasteiger partial charge in [-0.05, 0) is 56.3 Å². The lowest BCUT2D eigenvalue weighted by Gasteiger charge is -2.35. The smallest absolute Gasteiger partial charge is 0.252 e. The van der Waals surface area contributed by atoms with E-state index in [2.05, 4.69) is 35.9 Å². The van der Waals surface area contributed by atoms with E-state index in [0.717, 1.165) is 54.4 Å². The average Bonchev–Trinajstić information content (AvgIpc) is 3.30. The van der Waals surface area contributed by atoms with Gasteiger partial charge in [0.05, 0.1) is 36.6 Å². The number of carbonyl (C=O) groups is 1. The molecule has 2 aliphatic rings. The van der Waals surface area contributed by atoms with Crippen molar-refractivity contribution < 1.29 is 9.53 Å². The maximum atomic E-state index is 12.8. The van der Waals surface area contributed by atoms with Crippen LogP contribution < -0.4 is 20.3 Å². The van der Waals surface area contributed by atoms with Crippen LogP contribution in [0.5, 0.6) is 5.75 Å². The van der Waals surface area contributed by atoms with E-state index in [1.54, 1.807) is 19.4 Å². The van der Waals surface area contributed by atoms with Gasteiger partial charge < -0.3 is 20.3 Å². The Morgan fingerprint density at radius 1 is 1.21 bits per heavy atom. The molecule has 1 amide bonds. The summed E-state index contributed by atoms with van der Waals surface area (Å²) in [5, 5.41) is 23.1. The molecule has 1 saturated heterocycles. The number of benzene rings is 1. The molecule has 9 nitrogen and oxygen atoms in total. The fourth-order valence-corrected chi connectivity index (χ4v) is 4.59. The first kappa shape index (κ1) is 21.6. The number of ether oxygens (including phenoxy) is 1. The Morgan fingerprint density at radius 3 is 2.88 bits per heavy atom. The molecule has 0 spiro atoms. The molecule has 3 aromatic rings. The predicted molar refractivity (Wildman–Crippen MR) is 126 cm³/mol. The van der Waals surface area contributed by atoms with Crippen molar-refractivity contribution in [2.45, 2.75) is 44.7 Å². The largest absolute Gasteiger partial charge is 0.497 e. The summed E-state index contributed by atoms with van der Waals surface area (Å²) in [5.41, 5.74) is 1.98. The van der Waals surface area contributed by atoms with Crippen molar-refractivity contribution in [1.82, 2.24) is 31.0 Å². The second-order valence-electron chi connectivity index (χ2n) is 9.06. The number of methoxy groups -OCH3 is 1. The number of fused-ring (bicyclic) bond motifs is 1. The van der Waals surface area contributed by atoms with Crippen molar-refractivity contribution in [1.29, 1.82) is 0 Å². The third-order valence-corrected chi connectivity index (χ3v) is 6.81. The van der Waals surface area contributed by atoms with Crippen LogP contribution in [0.4, 0.5) is 5.82 Å². The Kier molecular flexibility index (Phi) is 6.39. The highest BCUT2D eigenvalue weighted by atomic mass is 16.5. The van der Waals surface area contributed by atoms with Gasteiger partial charge in [0.15, 0.2) is 5.82 Å². The zero-order valence-electron chi connectivity index (χ0n) is 19.0. The van der Waals surface area contributed by atoms with Crippen molar-refractivity contribution in [2.75, 3.05) is 31.6 Å². The molecule has 0 radical (unpaired) electrons. The monoisotopic (exact) mass is 449 g/mol. The second-order valence-corrected chi connectivity index (χ2v) is 9.06. The third-order valence-electron chi connectivity index (χ3n) is 6.81. The summed E-state index contributed by atoms with van der Waals surface area (Å²) < 4.78 is 5.30. The molecule has 3 heterocycles. The van der Waals surface area contributed by atoms with E-state index in [1.165, 1.54) is 25.7 Å². The van der Waals surface area contributed by atoms with Gasteiger partial charge in [-0.15, -0.1) is 5.10 Å². The lowest BCUT2D eigenvalue weighted by molar-refractivity contribution is 0.0951. The van der Waals surface area contributed by atoms with Gasteiger partial charge in [0.2, 0.25) is 0 Å². The van der Waals surface area contributed by atoms with Gasteiger partial charge in [0.25, 0.3) is 5.91 Å². The number of hydrogen-bond donors (Lipinski definition) is 3. The Labute approximate surface area is 193 Å². The molecule has 1 saturated carbocycles. The average molecular weight is 450 g/mol. The topological polar surface area (TPSA) is 108 Å².